The molecule has 4 nitrogen and oxygen atoms in total. The lowest BCUT2D eigenvalue weighted by Crippen LogP contribution is -2.09. The Balaban J connectivity index is 3.07. The van der Waals surface area contributed by atoms with Crippen LogP contribution in [0.4, 0.5) is 0 Å². The molecule has 0 fully saturated rings. The van der Waals surface area contributed by atoms with Gasteiger partial charge in [0.2, 0.25) is 0 Å². The second-order valence-electron chi connectivity index (χ2n) is 2.42. The van der Waals surface area contributed by atoms with Gasteiger partial charge < -0.3 is 4.74 Å². The maximum atomic E-state index is 11.3. The molecule has 0 unspecified atom stereocenters. The van der Waals surface area contributed by atoms with Gasteiger partial charge in [-0.1, -0.05) is 0 Å². The molecule has 74 valence electrons. The lowest BCUT2D eigenvalue weighted by molar-refractivity contribution is 0.0523. The molecule has 0 saturated heterocycles. The number of ether oxygens (including phenoxy) is 1. The van der Waals surface area contributed by atoms with Crippen molar-refractivity contribution in [2.75, 3.05) is 6.61 Å². The number of pyridine rings is 1. The molecule has 1 aromatic heterocycles. The molecule has 0 aliphatic heterocycles. The fourth-order valence-corrected chi connectivity index (χ4v) is 1.09. The van der Waals surface area contributed by atoms with Crippen molar-refractivity contribution in [3.05, 3.63) is 29.6 Å². The molecule has 1 aromatic rings. The van der Waals surface area contributed by atoms with Crippen LogP contribution in [0.25, 0.3) is 0 Å². The first-order valence-corrected chi connectivity index (χ1v) is 4.35. The third-order valence-corrected chi connectivity index (χ3v) is 1.73. The zero-order valence-electron chi connectivity index (χ0n) is 7.49. The zero-order valence-corrected chi connectivity index (χ0v) is 8.25. The van der Waals surface area contributed by atoms with Crippen molar-refractivity contribution in [3.63, 3.8) is 0 Å². The molecule has 1 rings (SSSR count). The first-order chi connectivity index (χ1) is 6.66. The molecule has 0 atom stereocenters. The average Bonchev–Trinajstić information content (AvgIpc) is 2.18. The van der Waals surface area contributed by atoms with Crippen LogP contribution in [0.15, 0.2) is 18.5 Å². The molecule has 1 heterocycles. The van der Waals surface area contributed by atoms with Crippen LogP contribution in [-0.4, -0.2) is 22.8 Å². The highest BCUT2D eigenvalue weighted by Gasteiger charge is 2.16. The van der Waals surface area contributed by atoms with E-state index in [2.05, 4.69) is 4.98 Å². The van der Waals surface area contributed by atoms with Crippen LogP contribution in [0.5, 0.6) is 0 Å². The van der Waals surface area contributed by atoms with E-state index in [0.29, 0.717) is 0 Å². The Morgan fingerprint density at radius 1 is 1.50 bits per heavy atom. The number of aromatic nitrogens is 1. The van der Waals surface area contributed by atoms with E-state index in [4.69, 9.17) is 16.3 Å². The number of hydrogen-bond donors (Lipinski definition) is 0. The van der Waals surface area contributed by atoms with Gasteiger partial charge in [-0.3, -0.25) is 9.78 Å². The van der Waals surface area contributed by atoms with Crippen molar-refractivity contribution in [2.24, 2.45) is 0 Å². The molecule has 0 N–H and O–H groups in total. The van der Waals surface area contributed by atoms with Gasteiger partial charge in [0.1, 0.15) is 0 Å². The molecule has 0 aromatic carbocycles. The zero-order chi connectivity index (χ0) is 10.6. The number of esters is 1. The Bertz CT molecular complexity index is 365. The number of rotatable bonds is 3. The van der Waals surface area contributed by atoms with Crippen LogP contribution in [0.1, 0.15) is 27.6 Å². The summed E-state index contributed by atoms with van der Waals surface area (Å²) < 4.78 is 4.74. The van der Waals surface area contributed by atoms with Gasteiger partial charge in [-0.2, -0.15) is 0 Å². The minimum Gasteiger partial charge on any atom is -0.462 e. The highest BCUT2D eigenvalue weighted by molar-refractivity contribution is 6.68. The monoisotopic (exact) mass is 213 g/mol. The molecule has 0 aliphatic carbocycles. The molecule has 0 aliphatic rings. The summed E-state index contributed by atoms with van der Waals surface area (Å²) in [4.78, 5) is 25.9. The SMILES string of the molecule is CCOC(=O)c1ccncc1C(=O)Cl. The highest BCUT2D eigenvalue weighted by Crippen LogP contribution is 2.11. The minimum absolute atomic E-state index is 0.0626. The highest BCUT2D eigenvalue weighted by atomic mass is 35.5. The largest absolute Gasteiger partial charge is 0.462 e. The quantitative estimate of drug-likeness (QED) is 0.566. The van der Waals surface area contributed by atoms with Gasteiger partial charge in [0.15, 0.2) is 0 Å². The summed E-state index contributed by atoms with van der Waals surface area (Å²) in [5, 5.41) is -0.721. The molecule has 0 radical (unpaired) electrons. The number of halogens is 1. The van der Waals surface area contributed by atoms with E-state index in [1.165, 1.54) is 18.5 Å². The summed E-state index contributed by atoms with van der Waals surface area (Å²) in [5.41, 5.74) is 0.203. The smallest absolute Gasteiger partial charge is 0.339 e. The van der Waals surface area contributed by atoms with E-state index in [0.717, 1.165) is 0 Å². The second kappa shape index (κ2) is 4.72. The number of carbonyl (C=O) groups excluding carboxylic acids is 2. The van der Waals surface area contributed by atoms with Crippen LogP contribution in [-0.2, 0) is 4.74 Å². The summed E-state index contributed by atoms with van der Waals surface area (Å²) in [7, 11) is 0. The number of nitrogens with zero attached hydrogens (tertiary/aromatic N) is 1. The Morgan fingerprint density at radius 3 is 2.79 bits per heavy atom. The van der Waals surface area contributed by atoms with E-state index in [1.54, 1.807) is 6.92 Å². The maximum absolute atomic E-state index is 11.3. The fraction of sp³-hybridized carbons (Fsp3) is 0.222. The van der Waals surface area contributed by atoms with E-state index in [-0.39, 0.29) is 17.7 Å². The molecule has 0 spiro atoms. The van der Waals surface area contributed by atoms with Gasteiger partial charge in [-0.25, -0.2) is 4.79 Å². The standard InChI is InChI=1S/C9H8ClNO3/c1-2-14-9(13)6-3-4-11-5-7(6)8(10)12/h3-5H,2H2,1H3. The number of hydrogen-bond acceptors (Lipinski definition) is 4. The topological polar surface area (TPSA) is 56.3 Å². The van der Waals surface area contributed by atoms with Crippen molar-refractivity contribution in [1.82, 2.24) is 4.98 Å². The van der Waals surface area contributed by atoms with Gasteiger partial charge in [0.25, 0.3) is 5.24 Å². The Morgan fingerprint density at radius 2 is 2.21 bits per heavy atom. The lowest BCUT2D eigenvalue weighted by Gasteiger charge is -2.03. The first kappa shape index (κ1) is 10.7. The lowest BCUT2D eigenvalue weighted by atomic mass is 10.1. The third-order valence-electron chi connectivity index (χ3n) is 1.53. The Kier molecular flexibility index (Phi) is 3.59. The Hall–Kier alpha value is -1.42. The van der Waals surface area contributed by atoms with Crippen LogP contribution in [0, 0.1) is 0 Å². The van der Waals surface area contributed by atoms with Gasteiger partial charge in [0.05, 0.1) is 17.7 Å². The maximum Gasteiger partial charge on any atom is 0.339 e. The second-order valence-corrected chi connectivity index (χ2v) is 2.76. The number of carbonyl (C=O) groups is 2. The van der Waals surface area contributed by atoms with Crippen LogP contribution in [0.2, 0.25) is 0 Å². The first-order valence-electron chi connectivity index (χ1n) is 3.97. The summed E-state index contributed by atoms with van der Waals surface area (Å²) in [6.45, 7) is 1.93. The van der Waals surface area contributed by atoms with E-state index < -0.39 is 11.2 Å². The van der Waals surface area contributed by atoms with Gasteiger partial charge in [0, 0.05) is 12.4 Å². The minimum atomic E-state index is -0.721. The van der Waals surface area contributed by atoms with Crippen LogP contribution >= 0.6 is 11.6 Å². The molecular weight excluding hydrogens is 206 g/mol. The molecule has 14 heavy (non-hydrogen) atoms. The van der Waals surface area contributed by atoms with Gasteiger partial charge >= 0.3 is 5.97 Å². The van der Waals surface area contributed by atoms with Crippen molar-refractivity contribution >= 4 is 22.8 Å². The molecule has 0 bridgehead atoms. The average molecular weight is 214 g/mol. The van der Waals surface area contributed by atoms with Gasteiger partial charge in [-0.05, 0) is 24.6 Å². The van der Waals surface area contributed by atoms with Crippen LogP contribution in [0.3, 0.4) is 0 Å². The predicted molar refractivity (Wildman–Crippen MR) is 50.4 cm³/mol. The van der Waals surface area contributed by atoms with Crippen LogP contribution < -0.4 is 0 Å². The van der Waals surface area contributed by atoms with E-state index >= 15 is 0 Å². The summed E-state index contributed by atoms with van der Waals surface area (Å²) in [5.74, 6) is -0.570. The van der Waals surface area contributed by atoms with E-state index in [9.17, 15) is 9.59 Å². The summed E-state index contributed by atoms with van der Waals surface area (Å²) >= 11 is 5.27. The fourth-order valence-electron chi connectivity index (χ4n) is 0.938. The van der Waals surface area contributed by atoms with Crippen molar-refractivity contribution in [2.45, 2.75) is 6.92 Å². The van der Waals surface area contributed by atoms with E-state index in [1.807, 2.05) is 0 Å². The molecular formula is C9H8ClNO3. The van der Waals surface area contributed by atoms with Crippen molar-refractivity contribution in [3.8, 4) is 0 Å². The van der Waals surface area contributed by atoms with Crippen molar-refractivity contribution in [1.29, 1.82) is 0 Å². The third kappa shape index (κ3) is 2.29. The van der Waals surface area contributed by atoms with Crippen molar-refractivity contribution < 1.29 is 14.3 Å². The summed E-state index contributed by atoms with van der Waals surface area (Å²) in [6, 6.07) is 1.40. The molecule has 0 amide bonds. The molecule has 0 saturated carbocycles. The Labute approximate surface area is 85.9 Å². The van der Waals surface area contributed by atoms with Gasteiger partial charge in [-0.15, -0.1) is 0 Å². The normalized spacial score (nSPS) is 9.57. The summed E-state index contributed by atoms with van der Waals surface area (Å²) in [6.07, 6.45) is 2.64. The molecule has 5 heteroatoms. The predicted octanol–water partition coefficient (Wildman–Crippen LogP) is 1.64.